The highest BCUT2D eigenvalue weighted by molar-refractivity contribution is 5.86. The van der Waals surface area contributed by atoms with Crippen molar-refractivity contribution in [2.45, 2.75) is 5.92 Å². The molecule has 0 aliphatic carbocycles. The zero-order chi connectivity index (χ0) is 19.7. The molecule has 0 spiro atoms. The molecule has 2 N–H and O–H groups in total. The van der Waals surface area contributed by atoms with E-state index >= 15 is 0 Å². The summed E-state index contributed by atoms with van der Waals surface area (Å²) in [6.07, 6.45) is 3.39. The minimum absolute atomic E-state index is 0.147. The summed E-state index contributed by atoms with van der Waals surface area (Å²) in [6.45, 7) is 0. The van der Waals surface area contributed by atoms with E-state index in [9.17, 15) is 5.26 Å². The summed E-state index contributed by atoms with van der Waals surface area (Å²) in [5.41, 5.74) is 2.97. The predicted molar refractivity (Wildman–Crippen MR) is 101 cm³/mol. The fourth-order valence-corrected chi connectivity index (χ4v) is 3.42. The van der Waals surface area contributed by atoms with Crippen LogP contribution < -0.4 is 14.2 Å². The van der Waals surface area contributed by atoms with Crippen LogP contribution in [0.5, 0.6) is 17.4 Å². The number of nitrogens with one attached hydrogen (secondary N) is 2. The second-order valence-electron chi connectivity index (χ2n) is 6.26. The first kappa shape index (κ1) is 17.5. The minimum atomic E-state index is -0.822. The van der Waals surface area contributed by atoms with Gasteiger partial charge < -0.3 is 14.2 Å². The van der Waals surface area contributed by atoms with Gasteiger partial charge in [-0.25, -0.2) is 0 Å². The lowest BCUT2D eigenvalue weighted by Crippen LogP contribution is -2.30. The van der Waals surface area contributed by atoms with Crippen molar-refractivity contribution in [2.24, 2.45) is 5.92 Å². The summed E-state index contributed by atoms with van der Waals surface area (Å²) in [5, 5.41) is 25.2. The Balaban J connectivity index is 1.95. The van der Waals surface area contributed by atoms with Crippen LogP contribution in [0.3, 0.4) is 0 Å². The maximum Gasteiger partial charge on any atom is 0.244 e. The van der Waals surface area contributed by atoms with E-state index in [0.29, 0.717) is 22.8 Å². The van der Waals surface area contributed by atoms with E-state index in [4.69, 9.17) is 19.6 Å². The molecule has 8 nitrogen and oxygen atoms in total. The number of hydrogen-bond donors (Lipinski definition) is 2. The van der Waals surface area contributed by atoms with Crippen molar-refractivity contribution in [3.05, 3.63) is 53.9 Å². The Labute approximate surface area is 161 Å². The molecule has 8 heteroatoms. The van der Waals surface area contributed by atoms with Gasteiger partial charge in [0, 0.05) is 29.9 Å². The highest BCUT2D eigenvalue weighted by atomic mass is 16.5. The van der Waals surface area contributed by atoms with Crippen LogP contribution in [-0.2, 0) is 0 Å². The van der Waals surface area contributed by atoms with Gasteiger partial charge in [0.2, 0.25) is 11.8 Å². The third-order valence-corrected chi connectivity index (χ3v) is 4.72. The van der Waals surface area contributed by atoms with E-state index in [1.807, 2.05) is 24.3 Å². The molecule has 0 fully saturated rings. The Kier molecular flexibility index (Phi) is 4.41. The van der Waals surface area contributed by atoms with Crippen molar-refractivity contribution < 1.29 is 14.2 Å². The highest BCUT2D eigenvalue weighted by Gasteiger charge is 2.41. The van der Waals surface area contributed by atoms with Gasteiger partial charge in [0.15, 0.2) is 0 Å². The molecule has 0 amide bonds. The Hall–Kier alpha value is -3.86. The summed E-state index contributed by atoms with van der Waals surface area (Å²) in [7, 11) is 3.13. The molecule has 3 heterocycles. The van der Waals surface area contributed by atoms with Crippen LogP contribution in [0.1, 0.15) is 17.0 Å². The van der Waals surface area contributed by atoms with Crippen molar-refractivity contribution in [3.8, 4) is 34.7 Å². The molecular formula is C20H17N5O3. The van der Waals surface area contributed by atoms with Gasteiger partial charge in [0.25, 0.3) is 0 Å². The van der Waals surface area contributed by atoms with E-state index in [0.717, 1.165) is 11.1 Å². The van der Waals surface area contributed by atoms with Crippen molar-refractivity contribution >= 4 is 5.90 Å². The molecule has 0 bridgehead atoms. The van der Waals surface area contributed by atoms with Crippen LogP contribution in [0.4, 0.5) is 0 Å². The van der Waals surface area contributed by atoms with Crippen LogP contribution in [0.2, 0.25) is 0 Å². The Morgan fingerprint density at radius 3 is 2.57 bits per heavy atom. The third-order valence-electron chi connectivity index (χ3n) is 4.72. The molecule has 140 valence electrons. The number of ether oxygens (including phenoxy) is 3. The minimum Gasteiger partial charge on any atom is -0.497 e. The van der Waals surface area contributed by atoms with Crippen molar-refractivity contribution in [1.82, 2.24) is 15.2 Å². The number of H-pyrrole nitrogens is 1. The quantitative estimate of drug-likeness (QED) is 0.723. The van der Waals surface area contributed by atoms with Gasteiger partial charge in [-0.1, -0.05) is 0 Å². The molecule has 0 saturated carbocycles. The van der Waals surface area contributed by atoms with Gasteiger partial charge in [-0.15, -0.1) is 5.10 Å². The second kappa shape index (κ2) is 7.04. The Morgan fingerprint density at radius 1 is 1.21 bits per heavy atom. The zero-order valence-corrected chi connectivity index (χ0v) is 15.3. The summed E-state index contributed by atoms with van der Waals surface area (Å²) in [6, 6.07) is 11.3. The SMILES string of the molecule is COc1cc(OC)cc(C2c3c(n[nH]c3-c3cccnc3)OC(=N)C2C#N)c1. The Morgan fingerprint density at radius 2 is 1.96 bits per heavy atom. The van der Waals surface area contributed by atoms with Gasteiger partial charge in [-0.2, -0.15) is 5.26 Å². The first-order valence-corrected chi connectivity index (χ1v) is 8.53. The number of pyridine rings is 1. The number of aromatic nitrogens is 3. The van der Waals surface area contributed by atoms with Gasteiger partial charge in [-0.05, 0) is 29.8 Å². The highest BCUT2D eigenvalue weighted by Crippen LogP contribution is 2.46. The predicted octanol–water partition coefficient (Wildman–Crippen LogP) is 3.13. The van der Waals surface area contributed by atoms with Crippen LogP contribution in [0.25, 0.3) is 11.3 Å². The molecule has 2 aromatic heterocycles. The molecular weight excluding hydrogens is 358 g/mol. The van der Waals surface area contributed by atoms with Gasteiger partial charge in [0.05, 0.1) is 31.5 Å². The number of aromatic amines is 1. The number of methoxy groups -OCH3 is 2. The average Bonchev–Trinajstić information content (AvgIpc) is 3.16. The number of rotatable bonds is 4. The fraction of sp³-hybridized carbons (Fsp3) is 0.200. The number of hydrogen-bond acceptors (Lipinski definition) is 7. The second-order valence-corrected chi connectivity index (χ2v) is 6.26. The molecule has 2 unspecified atom stereocenters. The molecule has 4 rings (SSSR count). The lowest BCUT2D eigenvalue weighted by atomic mass is 9.79. The smallest absolute Gasteiger partial charge is 0.244 e. The van der Waals surface area contributed by atoms with Gasteiger partial charge >= 0.3 is 0 Å². The molecule has 0 radical (unpaired) electrons. The van der Waals surface area contributed by atoms with Crippen molar-refractivity contribution in [3.63, 3.8) is 0 Å². The van der Waals surface area contributed by atoms with Crippen LogP contribution in [0, 0.1) is 22.7 Å². The van der Waals surface area contributed by atoms with E-state index in [2.05, 4.69) is 21.3 Å². The number of benzene rings is 1. The normalized spacial score (nSPS) is 18.0. The Bertz CT molecular complexity index is 1050. The van der Waals surface area contributed by atoms with Crippen molar-refractivity contribution in [1.29, 1.82) is 10.7 Å². The lowest BCUT2D eigenvalue weighted by Gasteiger charge is -2.28. The van der Waals surface area contributed by atoms with Gasteiger partial charge in [0.1, 0.15) is 17.4 Å². The van der Waals surface area contributed by atoms with E-state index < -0.39 is 11.8 Å². The zero-order valence-electron chi connectivity index (χ0n) is 15.3. The van der Waals surface area contributed by atoms with E-state index in [1.165, 1.54) is 0 Å². The van der Waals surface area contributed by atoms with Crippen LogP contribution >= 0.6 is 0 Å². The molecule has 28 heavy (non-hydrogen) atoms. The van der Waals surface area contributed by atoms with E-state index in [1.54, 1.807) is 32.7 Å². The topological polar surface area (TPSA) is 117 Å². The van der Waals surface area contributed by atoms with Gasteiger partial charge in [-0.3, -0.25) is 15.5 Å². The summed E-state index contributed by atoms with van der Waals surface area (Å²) in [4.78, 5) is 4.16. The maximum absolute atomic E-state index is 9.79. The number of fused-ring (bicyclic) bond motifs is 1. The first-order valence-electron chi connectivity index (χ1n) is 8.53. The summed E-state index contributed by atoms with van der Waals surface area (Å²) in [5.74, 6) is 0.0128. The fourth-order valence-electron chi connectivity index (χ4n) is 3.42. The van der Waals surface area contributed by atoms with Crippen molar-refractivity contribution in [2.75, 3.05) is 14.2 Å². The van der Waals surface area contributed by atoms with E-state index in [-0.39, 0.29) is 11.8 Å². The molecule has 2 atom stereocenters. The van der Waals surface area contributed by atoms with Crippen LogP contribution in [0.15, 0.2) is 42.7 Å². The molecule has 1 aliphatic rings. The average molecular weight is 375 g/mol. The maximum atomic E-state index is 9.79. The first-order chi connectivity index (χ1) is 13.7. The standard InChI is InChI=1S/C20H17N5O3/c1-26-13-6-12(7-14(8-13)27-2)16-15(9-21)19(22)28-20-17(16)18(24-25-20)11-4-3-5-23-10-11/h3-8,10,15-16,22H,1-2H3,(H,24,25). The molecule has 1 aromatic carbocycles. The summed E-state index contributed by atoms with van der Waals surface area (Å²) >= 11 is 0. The largest absolute Gasteiger partial charge is 0.497 e. The number of nitriles is 1. The van der Waals surface area contributed by atoms with Crippen LogP contribution in [-0.4, -0.2) is 35.3 Å². The molecule has 3 aromatic rings. The summed E-state index contributed by atoms with van der Waals surface area (Å²) < 4.78 is 16.3. The lowest BCUT2D eigenvalue weighted by molar-refractivity contribution is 0.391. The molecule has 1 aliphatic heterocycles. The molecule has 0 saturated heterocycles. The third kappa shape index (κ3) is 2.83. The monoisotopic (exact) mass is 375 g/mol. The number of nitrogens with zero attached hydrogens (tertiary/aromatic N) is 3.